The summed E-state index contributed by atoms with van der Waals surface area (Å²) in [5.74, 6) is 0.496. The molecule has 1 atom stereocenters. The quantitative estimate of drug-likeness (QED) is 0.881. The predicted molar refractivity (Wildman–Crippen MR) is 79.3 cm³/mol. The lowest BCUT2D eigenvalue weighted by Gasteiger charge is -2.32. The van der Waals surface area contributed by atoms with Crippen LogP contribution in [-0.4, -0.2) is 26.2 Å². The molecule has 1 N–H and O–H groups in total. The van der Waals surface area contributed by atoms with Crippen LogP contribution in [0.5, 0.6) is 0 Å². The van der Waals surface area contributed by atoms with Gasteiger partial charge in [0.1, 0.15) is 5.54 Å². The zero-order chi connectivity index (χ0) is 14.0. The summed E-state index contributed by atoms with van der Waals surface area (Å²) >= 11 is 0. The molecule has 102 valence electrons. The number of likely N-dealkylation sites (N-methyl/N-ethyl adjacent to an activating group) is 2. The van der Waals surface area contributed by atoms with E-state index in [4.69, 9.17) is 0 Å². The third kappa shape index (κ3) is 2.90. The topological polar surface area (TPSA) is 39.1 Å². The summed E-state index contributed by atoms with van der Waals surface area (Å²) in [5, 5.41) is 12.8. The molecule has 0 radical (unpaired) electrons. The lowest BCUT2D eigenvalue weighted by atomic mass is 9.94. The molecular weight excluding hydrogens is 234 g/mol. The molecule has 1 aliphatic carbocycles. The molecule has 0 heterocycles. The van der Waals surface area contributed by atoms with E-state index in [0.717, 1.165) is 19.4 Å². The van der Waals surface area contributed by atoms with Crippen molar-refractivity contribution in [3.8, 4) is 6.07 Å². The minimum atomic E-state index is -0.410. The molecule has 2 rings (SSSR count). The molecule has 1 fully saturated rings. The number of aryl methyl sites for hydroxylation is 2. The summed E-state index contributed by atoms with van der Waals surface area (Å²) in [6, 6.07) is 9.04. The van der Waals surface area contributed by atoms with E-state index in [1.165, 1.54) is 16.8 Å². The molecule has 0 aliphatic heterocycles. The van der Waals surface area contributed by atoms with Crippen LogP contribution < -0.4 is 10.2 Å². The van der Waals surface area contributed by atoms with Crippen molar-refractivity contribution in [1.82, 2.24) is 5.32 Å². The fourth-order valence-corrected chi connectivity index (χ4v) is 2.81. The van der Waals surface area contributed by atoms with Gasteiger partial charge < -0.3 is 10.2 Å². The maximum absolute atomic E-state index is 9.55. The van der Waals surface area contributed by atoms with Crippen molar-refractivity contribution < 1.29 is 0 Å². The molecule has 1 aromatic carbocycles. The highest BCUT2D eigenvalue weighted by Gasteiger charge is 2.45. The van der Waals surface area contributed by atoms with E-state index in [0.29, 0.717) is 5.92 Å². The van der Waals surface area contributed by atoms with Crippen LogP contribution in [0.2, 0.25) is 0 Å². The van der Waals surface area contributed by atoms with Gasteiger partial charge in [0.25, 0.3) is 0 Å². The van der Waals surface area contributed by atoms with E-state index in [-0.39, 0.29) is 0 Å². The lowest BCUT2D eigenvalue weighted by Crippen LogP contribution is -2.52. The van der Waals surface area contributed by atoms with Gasteiger partial charge >= 0.3 is 0 Å². The van der Waals surface area contributed by atoms with Crippen molar-refractivity contribution in [3.05, 3.63) is 29.3 Å². The Bertz CT molecular complexity index is 479. The highest BCUT2D eigenvalue weighted by atomic mass is 15.2. The van der Waals surface area contributed by atoms with Crippen LogP contribution >= 0.6 is 0 Å². The lowest BCUT2D eigenvalue weighted by molar-refractivity contribution is 0.398. The largest absolute Gasteiger partial charge is 0.372 e. The Balaban J connectivity index is 2.19. The second kappa shape index (κ2) is 5.22. The van der Waals surface area contributed by atoms with E-state index in [1.54, 1.807) is 0 Å². The van der Waals surface area contributed by atoms with Crippen LogP contribution in [0.4, 0.5) is 5.69 Å². The van der Waals surface area contributed by atoms with E-state index < -0.39 is 5.54 Å². The fraction of sp³-hybridized carbons (Fsp3) is 0.562. The standard InChI is InChI=1S/C16H23N3/c1-12-7-13(2)9-15(8-12)19(4)11-16(10-17,18-3)14-5-6-14/h7-9,14,18H,5-6,11H2,1-4H3. The van der Waals surface area contributed by atoms with Gasteiger partial charge in [-0.15, -0.1) is 0 Å². The van der Waals surface area contributed by atoms with Gasteiger partial charge in [0, 0.05) is 19.3 Å². The Morgan fingerprint density at radius 3 is 2.32 bits per heavy atom. The maximum atomic E-state index is 9.55. The number of anilines is 1. The Kier molecular flexibility index (Phi) is 3.82. The molecule has 0 saturated heterocycles. The van der Waals surface area contributed by atoms with E-state index >= 15 is 0 Å². The highest BCUT2D eigenvalue weighted by molar-refractivity contribution is 5.51. The summed E-state index contributed by atoms with van der Waals surface area (Å²) < 4.78 is 0. The summed E-state index contributed by atoms with van der Waals surface area (Å²) in [5.41, 5.74) is 3.31. The molecule has 1 aliphatic rings. The van der Waals surface area contributed by atoms with Crippen molar-refractivity contribution in [1.29, 1.82) is 5.26 Å². The van der Waals surface area contributed by atoms with Crippen molar-refractivity contribution in [3.63, 3.8) is 0 Å². The van der Waals surface area contributed by atoms with Gasteiger partial charge in [0.15, 0.2) is 0 Å². The van der Waals surface area contributed by atoms with Gasteiger partial charge in [-0.1, -0.05) is 6.07 Å². The summed E-state index contributed by atoms with van der Waals surface area (Å²) in [7, 11) is 3.97. The van der Waals surface area contributed by atoms with Gasteiger partial charge in [0.2, 0.25) is 0 Å². The molecule has 0 spiro atoms. The molecule has 1 aromatic rings. The zero-order valence-electron chi connectivity index (χ0n) is 12.3. The van der Waals surface area contributed by atoms with Crippen LogP contribution in [0.1, 0.15) is 24.0 Å². The first-order chi connectivity index (χ1) is 9.00. The van der Waals surface area contributed by atoms with Crippen LogP contribution in [-0.2, 0) is 0 Å². The first-order valence-corrected chi connectivity index (χ1v) is 6.90. The molecule has 3 nitrogen and oxygen atoms in total. The van der Waals surface area contributed by atoms with Gasteiger partial charge in [-0.05, 0) is 62.9 Å². The molecule has 0 amide bonds. The predicted octanol–water partition coefficient (Wildman–Crippen LogP) is 2.63. The van der Waals surface area contributed by atoms with Crippen molar-refractivity contribution in [2.24, 2.45) is 5.92 Å². The molecule has 1 saturated carbocycles. The Labute approximate surface area is 116 Å². The molecule has 3 heteroatoms. The number of benzene rings is 1. The van der Waals surface area contributed by atoms with E-state index in [1.807, 2.05) is 7.05 Å². The molecule has 0 aromatic heterocycles. The first kappa shape index (κ1) is 13.9. The highest BCUT2D eigenvalue weighted by Crippen LogP contribution is 2.40. The Morgan fingerprint density at radius 2 is 1.89 bits per heavy atom. The smallest absolute Gasteiger partial charge is 0.126 e. The zero-order valence-corrected chi connectivity index (χ0v) is 12.3. The first-order valence-electron chi connectivity index (χ1n) is 6.90. The van der Waals surface area contributed by atoms with Crippen molar-refractivity contribution in [2.45, 2.75) is 32.2 Å². The van der Waals surface area contributed by atoms with Crippen LogP contribution in [0.25, 0.3) is 0 Å². The number of hydrogen-bond donors (Lipinski definition) is 1. The third-order valence-corrected chi connectivity index (χ3v) is 4.05. The van der Waals surface area contributed by atoms with Crippen molar-refractivity contribution >= 4 is 5.69 Å². The SMILES string of the molecule is CNC(C#N)(CN(C)c1cc(C)cc(C)c1)C1CC1. The summed E-state index contributed by atoms with van der Waals surface area (Å²) in [4.78, 5) is 2.19. The number of nitriles is 1. The fourth-order valence-electron chi connectivity index (χ4n) is 2.81. The minimum Gasteiger partial charge on any atom is -0.372 e. The molecular formula is C16H23N3. The minimum absolute atomic E-state index is 0.410. The average Bonchev–Trinajstić information content (AvgIpc) is 3.19. The van der Waals surface area contributed by atoms with E-state index in [9.17, 15) is 5.26 Å². The molecule has 0 bridgehead atoms. The number of hydrogen-bond acceptors (Lipinski definition) is 3. The maximum Gasteiger partial charge on any atom is 0.126 e. The van der Waals surface area contributed by atoms with Gasteiger partial charge in [-0.3, -0.25) is 0 Å². The van der Waals surface area contributed by atoms with Crippen LogP contribution in [0, 0.1) is 31.1 Å². The normalized spacial score (nSPS) is 17.6. The van der Waals surface area contributed by atoms with Crippen LogP contribution in [0.15, 0.2) is 18.2 Å². The Morgan fingerprint density at radius 1 is 1.32 bits per heavy atom. The monoisotopic (exact) mass is 257 g/mol. The second-order valence-corrected chi connectivity index (χ2v) is 5.81. The van der Waals surface area contributed by atoms with Crippen LogP contribution in [0.3, 0.4) is 0 Å². The Hall–Kier alpha value is -1.53. The average molecular weight is 257 g/mol. The van der Waals surface area contributed by atoms with Crippen molar-refractivity contribution in [2.75, 3.05) is 25.5 Å². The molecule has 19 heavy (non-hydrogen) atoms. The second-order valence-electron chi connectivity index (χ2n) is 5.81. The summed E-state index contributed by atoms with van der Waals surface area (Å²) in [6.45, 7) is 4.95. The van der Waals surface area contributed by atoms with Gasteiger partial charge in [-0.2, -0.15) is 5.26 Å². The number of nitrogens with one attached hydrogen (secondary N) is 1. The van der Waals surface area contributed by atoms with Gasteiger partial charge in [0.05, 0.1) is 6.07 Å². The number of nitrogens with zero attached hydrogens (tertiary/aromatic N) is 2. The van der Waals surface area contributed by atoms with Gasteiger partial charge in [-0.25, -0.2) is 0 Å². The number of rotatable bonds is 5. The summed E-state index contributed by atoms with van der Waals surface area (Å²) in [6.07, 6.45) is 2.32. The molecule has 1 unspecified atom stereocenters. The third-order valence-electron chi connectivity index (χ3n) is 4.05. The van der Waals surface area contributed by atoms with E-state index in [2.05, 4.69) is 55.4 Å².